The molecule has 12 heteroatoms. The number of esters is 3. The van der Waals surface area contributed by atoms with E-state index < -0.39 is 87.8 Å². The van der Waals surface area contributed by atoms with Crippen molar-refractivity contribution in [2.45, 2.75) is 69.1 Å². The molecule has 0 radical (unpaired) electrons. The van der Waals surface area contributed by atoms with Crippen LogP contribution in [0.1, 0.15) is 27.7 Å². The number of ketones is 1. The van der Waals surface area contributed by atoms with Crippen molar-refractivity contribution in [3.05, 3.63) is 12.2 Å². The van der Waals surface area contributed by atoms with Crippen molar-refractivity contribution in [3.8, 4) is 0 Å². The van der Waals surface area contributed by atoms with Crippen LogP contribution in [0.3, 0.4) is 0 Å². The predicted octanol–water partition coefficient (Wildman–Crippen LogP) is -1.62. The first-order valence-corrected chi connectivity index (χ1v) is 11.3. The van der Waals surface area contributed by atoms with Gasteiger partial charge in [0.1, 0.15) is 24.4 Å². The number of carbonyl (C=O) groups excluding carboxylic acids is 4. The maximum Gasteiger partial charge on any atom is 0.338 e. The summed E-state index contributed by atoms with van der Waals surface area (Å²) in [6.07, 6.45) is -3.22. The third kappa shape index (κ3) is 2.35. The molecule has 12 nitrogen and oxygen atoms in total. The van der Waals surface area contributed by atoms with Crippen molar-refractivity contribution >= 4 is 23.7 Å². The number of fused-ring (bicyclic) bond motifs is 3. The molecule has 35 heavy (non-hydrogen) atoms. The summed E-state index contributed by atoms with van der Waals surface area (Å²) in [4.78, 5) is 50.1. The number of rotatable bonds is 3. The first-order chi connectivity index (χ1) is 16.2. The maximum atomic E-state index is 13.5. The molecule has 3 aliphatic heterocycles. The van der Waals surface area contributed by atoms with Crippen molar-refractivity contribution in [2.24, 2.45) is 22.7 Å². The Morgan fingerprint density at radius 3 is 2.43 bits per heavy atom. The van der Waals surface area contributed by atoms with E-state index in [1.165, 1.54) is 26.8 Å². The number of ether oxygens (including phenoxy) is 5. The zero-order valence-corrected chi connectivity index (χ0v) is 19.8. The van der Waals surface area contributed by atoms with E-state index in [0.29, 0.717) is 0 Å². The number of aliphatic hydroxyl groups excluding tert-OH is 1. The summed E-state index contributed by atoms with van der Waals surface area (Å²) in [6, 6.07) is 0. The molecule has 4 unspecified atom stereocenters. The second-order valence-electron chi connectivity index (χ2n) is 10.4. The van der Waals surface area contributed by atoms with Gasteiger partial charge in [-0.3, -0.25) is 9.59 Å². The summed E-state index contributed by atoms with van der Waals surface area (Å²) < 4.78 is 27.1. The Labute approximate surface area is 200 Å². The lowest BCUT2D eigenvalue weighted by Gasteiger charge is -2.57. The molecule has 5 fully saturated rings. The normalized spacial score (nSPS) is 53.8. The van der Waals surface area contributed by atoms with E-state index in [9.17, 15) is 34.5 Å². The van der Waals surface area contributed by atoms with Crippen LogP contribution in [0.15, 0.2) is 12.2 Å². The lowest BCUT2D eigenvalue weighted by molar-refractivity contribution is -0.332. The Kier molecular flexibility index (Phi) is 4.78. The number of carbonyl (C=O) groups is 4. The minimum absolute atomic E-state index is 0.306. The molecule has 2 aliphatic carbocycles. The molecule has 3 heterocycles. The largest absolute Gasteiger partial charge is 0.466 e. The Morgan fingerprint density at radius 2 is 1.83 bits per heavy atom. The van der Waals surface area contributed by atoms with Gasteiger partial charge in [-0.15, -0.1) is 0 Å². The number of methoxy groups -OCH3 is 1. The third-order valence-electron chi connectivity index (χ3n) is 9.09. The van der Waals surface area contributed by atoms with E-state index in [0.717, 1.165) is 20.1 Å². The van der Waals surface area contributed by atoms with Gasteiger partial charge in [-0.2, -0.15) is 0 Å². The molecule has 5 rings (SSSR count). The molecule has 0 aromatic carbocycles. The maximum absolute atomic E-state index is 13.5. The smallest absolute Gasteiger partial charge is 0.338 e. The van der Waals surface area contributed by atoms with Gasteiger partial charge in [-0.1, -0.05) is 19.9 Å². The minimum Gasteiger partial charge on any atom is -0.466 e. The van der Waals surface area contributed by atoms with Crippen molar-refractivity contribution < 1.29 is 58.2 Å². The first kappa shape index (κ1) is 24.3. The number of cyclic esters (lactones) is 1. The van der Waals surface area contributed by atoms with Crippen LogP contribution in [0.2, 0.25) is 0 Å². The number of aliphatic hydroxyl groups is 3. The number of hydrogen-bond donors (Lipinski definition) is 3. The average Bonchev–Trinajstić information content (AvgIpc) is 3.51. The van der Waals surface area contributed by atoms with E-state index in [2.05, 4.69) is 4.74 Å². The van der Waals surface area contributed by atoms with Crippen LogP contribution >= 0.6 is 0 Å². The second kappa shape index (κ2) is 6.88. The fraction of sp³-hybridized carbons (Fsp3) is 0.739. The van der Waals surface area contributed by atoms with E-state index >= 15 is 0 Å². The van der Waals surface area contributed by atoms with Gasteiger partial charge in [0.2, 0.25) is 5.79 Å². The lowest BCUT2D eigenvalue weighted by Crippen LogP contribution is -2.72. The quantitative estimate of drug-likeness (QED) is 0.176. The Morgan fingerprint density at radius 1 is 1.17 bits per heavy atom. The molecule has 2 saturated carbocycles. The van der Waals surface area contributed by atoms with Crippen molar-refractivity contribution in [1.82, 2.24) is 0 Å². The van der Waals surface area contributed by atoms with Crippen LogP contribution in [0, 0.1) is 22.7 Å². The zero-order valence-electron chi connectivity index (χ0n) is 19.8. The summed E-state index contributed by atoms with van der Waals surface area (Å²) in [5.41, 5.74) is -7.99. The highest BCUT2D eigenvalue weighted by molar-refractivity contribution is 5.97. The first-order valence-electron chi connectivity index (χ1n) is 11.3. The van der Waals surface area contributed by atoms with Crippen LogP contribution in [0.4, 0.5) is 0 Å². The van der Waals surface area contributed by atoms with Crippen LogP contribution in [0.25, 0.3) is 0 Å². The molecule has 0 bridgehead atoms. The van der Waals surface area contributed by atoms with Crippen molar-refractivity contribution in [2.75, 3.05) is 13.7 Å². The summed E-state index contributed by atoms with van der Waals surface area (Å²) in [5.74, 6) is -8.08. The van der Waals surface area contributed by atoms with Gasteiger partial charge in [0.15, 0.2) is 17.5 Å². The Balaban J connectivity index is 1.81. The van der Waals surface area contributed by atoms with E-state index in [4.69, 9.17) is 18.9 Å². The zero-order chi connectivity index (χ0) is 25.9. The van der Waals surface area contributed by atoms with Crippen LogP contribution in [-0.4, -0.2) is 94.1 Å². The highest BCUT2D eigenvalue weighted by Crippen LogP contribution is 2.80. The monoisotopic (exact) mass is 496 g/mol. The molecule has 0 aromatic rings. The molecule has 11 atom stereocenters. The Hall–Kier alpha value is -2.38. The summed E-state index contributed by atoms with van der Waals surface area (Å²) in [5, 5.41) is 35.9. The standard InChI is InChI=1S/C23H28O12/c1-9-16(27)22(29)19(3,7-6-12(25)31-5)15-13(26)14(33-10(2)24)11-8-32-18(28)17-21(11,35-17)20(15,4)23(22,30)34-9/h6-7,9,11,13-15,17,26,29-30H,8H2,1-5H3/b7-6-/t9-,11?,13?,14-,15?,17?,19+,20+,21-,22-,23-/m0/s1. The molecular formula is C23H28O12. The van der Waals surface area contributed by atoms with Crippen LogP contribution in [0.5, 0.6) is 0 Å². The number of hydrogen-bond acceptors (Lipinski definition) is 12. The minimum atomic E-state index is -2.69. The number of epoxide rings is 1. The molecule has 0 aromatic heterocycles. The fourth-order valence-corrected chi connectivity index (χ4v) is 7.68. The van der Waals surface area contributed by atoms with E-state index in [1.807, 2.05) is 0 Å². The van der Waals surface area contributed by atoms with Crippen LogP contribution < -0.4 is 0 Å². The average molecular weight is 496 g/mol. The molecule has 3 saturated heterocycles. The molecule has 3 N–H and O–H groups in total. The van der Waals surface area contributed by atoms with Crippen LogP contribution in [-0.2, 0) is 42.9 Å². The molecule has 192 valence electrons. The van der Waals surface area contributed by atoms with E-state index in [-0.39, 0.29) is 6.61 Å². The third-order valence-corrected chi connectivity index (χ3v) is 9.09. The highest BCUT2D eigenvalue weighted by Gasteiger charge is 2.97. The fourth-order valence-electron chi connectivity index (χ4n) is 7.68. The summed E-state index contributed by atoms with van der Waals surface area (Å²) >= 11 is 0. The van der Waals surface area contributed by atoms with Gasteiger partial charge in [0.05, 0.1) is 24.5 Å². The van der Waals surface area contributed by atoms with E-state index in [1.54, 1.807) is 0 Å². The van der Waals surface area contributed by atoms with Gasteiger partial charge in [0, 0.05) is 24.3 Å². The topological polar surface area (TPSA) is 178 Å². The van der Waals surface area contributed by atoms with Gasteiger partial charge < -0.3 is 39.0 Å². The molecule has 1 spiro atoms. The SMILES string of the molecule is COC(=O)/C=C\[C@]1(C)C2C(O)[C@@H](OC(C)=O)C3COC(=O)C4O[C@]43[C@]2(C)[C@]2(O)O[C@@H](C)C(=O)[C@@]21O. The molecular weight excluding hydrogens is 468 g/mol. The highest BCUT2D eigenvalue weighted by atomic mass is 16.7. The van der Waals surface area contributed by atoms with Gasteiger partial charge in [-0.05, 0) is 6.92 Å². The summed E-state index contributed by atoms with van der Waals surface area (Å²) in [7, 11) is 1.14. The van der Waals surface area contributed by atoms with Gasteiger partial charge >= 0.3 is 17.9 Å². The molecule has 0 amide bonds. The van der Waals surface area contributed by atoms with Gasteiger partial charge in [0.25, 0.3) is 0 Å². The Bertz CT molecular complexity index is 1070. The summed E-state index contributed by atoms with van der Waals surface area (Å²) in [6.45, 7) is 5.04. The van der Waals surface area contributed by atoms with Gasteiger partial charge in [-0.25, -0.2) is 9.59 Å². The lowest BCUT2D eigenvalue weighted by atomic mass is 9.50. The number of Topliss-reactive ketones (excluding diaryl/α,β-unsaturated/α-hetero) is 1. The van der Waals surface area contributed by atoms with Crippen molar-refractivity contribution in [3.63, 3.8) is 0 Å². The molecule has 5 aliphatic rings. The van der Waals surface area contributed by atoms with Crippen molar-refractivity contribution in [1.29, 1.82) is 0 Å². The predicted molar refractivity (Wildman–Crippen MR) is 110 cm³/mol. The second-order valence-corrected chi connectivity index (χ2v) is 10.4.